The molecule has 8 heteroatoms. The third-order valence-corrected chi connectivity index (χ3v) is 4.27. The summed E-state index contributed by atoms with van der Waals surface area (Å²) in [6.07, 6.45) is 3.14. The number of thiazole rings is 1. The largest absolute Gasteiger partial charge is 0.298 e. The molecular formula is C13H11N5OS2. The number of rotatable bonds is 5. The van der Waals surface area contributed by atoms with Crippen LogP contribution < -0.4 is 5.32 Å². The van der Waals surface area contributed by atoms with E-state index in [0.29, 0.717) is 10.7 Å². The van der Waals surface area contributed by atoms with E-state index < -0.39 is 0 Å². The fourth-order valence-electron chi connectivity index (χ4n) is 1.62. The highest BCUT2D eigenvalue weighted by atomic mass is 32.2. The van der Waals surface area contributed by atoms with Crippen molar-refractivity contribution in [3.8, 4) is 0 Å². The predicted molar refractivity (Wildman–Crippen MR) is 82.5 cm³/mol. The van der Waals surface area contributed by atoms with Crippen LogP contribution in [0.25, 0.3) is 0 Å². The minimum Gasteiger partial charge on any atom is -0.298 e. The van der Waals surface area contributed by atoms with E-state index in [-0.39, 0.29) is 5.91 Å². The van der Waals surface area contributed by atoms with Gasteiger partial charge in [-0.05, 0) is 17.7 Å². The van der Waals surface area contributed by atoms with Gasteiger partial charge in [-0.2, -0.15) is 5.10 Å². The highest BCUT2D eigenvalue weighted by molar-refractivity contribution is 7.98. The van der Waals surface area contributed by atoms with Crippen LogP contribution in [0.4, 0.5) is 5.13 Å². The first-order valence-corrected chi connectivity index (χ1v) is 7.96. The maximum Gasteiger partial charge on any atom is 0.257 e. The SMILES string of the molecule is O=C(Nc1nccs1)c1ccc(CSc2ncn[nH]2)cc1. The average molecular weight is 317 g/mol. The summed E-state index contributed by atoms with van der Waals surface area (Å²) >= 11 is 2.95. The molecule has 0 aliphatic carbocycles. The van der Waals surface area contributed by atoms with Gasteiger partial charge in [-0.1, -0.05) is 23.9 Å². The van der Waals surface area contributed by atoms with E-state index in [9.17, 15) is 4.79 Å². The number of thioether (sulfide) groups is 1. The Bertz CT molecular complexity index is 695. The van der Waals surface area contributed by atoms with Crippen molar-refractivity contribution in [2.75, 3.05) is 5.32 Å². The number of aromatic amines is 1. The first-order valence-electron chi connectivity index (χ1n) is 6.09. The summed E-state index contributed by atoms with van der Waals surface area (Å²) in [7, 11) is 0. The molecule has 0 unspecified atom stereocenters. The number of anilines is 1. The molecule has 0 aliphatic heterocycles. The Morgan fingerprint density at radius 1 is 1.29 bits per heavy atom. The summed E-state index contributed by atoms with van der Waals surface area (Å²) in [4.78, 5) is 20.1. The number of nitrogens with zero attached hydrogens (tertiary/aromatic N) is 3. The molecule has 2 N–H and O–H groups in total. The van der Waals surface area contributed by atoms with Gasteiger partial charge < -0.3 is 0 Å². The van der Waals surface area contributed by atoms with E-state index in [4.69, 9.17) is 0 Å². The third-order valence-electron chi connectivity index (χ3n) is 2.64. The number of hydrogen-bond donors (Lipinski definition) is 2. The van der Waals surface area contributed by atoms with Crippen molar-refractivity contribution in [3.63, 3.8) is 0 Å². The molecule has 0 saturated heterocycles. The molecular weight excluding hydrogens is 306 g/mol. The fraction of sp³-hybridized carbons (Fsp3) is 0.0769. The van der Waals surface area contributed by atoms with E-state index in [2.05, 4.69) is 25.5 Å². The molecule has 3 rings (SSSR count). The van der Waals surface area contributed by atoms with E-state index in [1.54, 1.807) is 30.1 Å². The van der Waals surface area contributed by atoms with E-state index >= 15 is 0 Å². The molecule has 0 spiro atoms. The van der Waals surface area contributed by atoms with Crippen molar-refractivity contribution in [3.05, 3.63) is 53.3 Å². The Hall–Kier alpha value is -2.19. The van der Waals surface area contributed by atoms with Gasteiger partial charge in [-0.3, -0.25) is 15.2 Å². The minimum atomic E-state index is -0.153. The average Bonchev–Trinajstić information content (AvgIpc) is 3.19. The van der Waals surface area contributed by atoms with Crippen molar-refractivity contribution in [2.24, 2.45) is 0 Å². The van der Waals surface area contributed by atoms with Crippen molar-refractivity contribution in [2.45, 2.75) is 10.9 Å². The number of H-pyrrole nitrogens is 1. The molecule has 1 aromatic carbocycles. The second-order valence-corrected chi connectivity index (χ2v) is 5.93. The fourth-order valence-corrected chi connectivity index (χ4v) is 2.88. The monoisotopic (exact) mass is 317 g/mol. The molecule has 1 amide bonds. The van der Waals surface area contributed by atoms with Crippen LogP contribution in [0.5, 0.6) is 0 Å². The lowest BCUT2D eigenvalue weighted by molar-refractivity contribution is 0.102. The highest BCUT2D eigenvalue weighted by Crippen LogP contribution is 2.19. The van der Waals surface area contributed by atoms with Crippen molar-refractivity contribution < 1.29 is 4.79 Å². The molecule has 6 nitrogen and oxygen atoms in total. The van der Waals surface area contributed by atoms with Crippen molar-refractivity contribution in [1.82, 2.24) is 20.2 Å². The molecule has 2 aromatic heterocycles. The Morgan fingerprint density at radius 2 is 2.14 bits per heavy atom. The summed E-state index contributed by atoms with van der Waals surface area (Å²) in [5.74, 6) is 0.614. The van der Waals surface area contributed by atoms with Crippen LogP contribution in [-0.2, 0) is 5.75 Å². The van der Waals surface area contributed by atoms with Crippen LogP contribution in [-0.4, -0.2) is 26.1 Å². The Balaban J connectivity index is 1.59. The second-order valence-electron chi connectivity index (χ2n) is 4.07. The normalized spacial score (nSPS) is 10.5. The standard InChI is InChI=1S/C13H11N5OS2/c19-11(17-12-14-5-6-20-12)10-3-1-9(2-4-10)7-21-13-15-8-16-18-13/h1-6,8H,7H2,(H,14,17,19)(H,15,16,18). The summed E-state index contributed by atoms with van der Waals surface area (Å²) in [6.45, 7) is 0. The first-order chi connectivity index (χ1) is 10.3. The topological polar surface area (TPSA) is 83.6 Å². The van der Waals surface area contributed by atoms with Gasteiger partial charge in [0.2, 0.25) is 0 Å². The number of amides is 1. The Kier molecular flexibility index (Phi) is 4.27. The summed E-state index contributed by atoms with van der Waals surface area (Å²) < 4.78 is 0. The van der Waals surface area contributed by atoms with E-state index in [1.807, 2.05) is 17.5 Å². The zero-order valence-electron chi connectivity index (χ0n) is 10.8. The number of benzene rings is 1. The van der Waals surface area contributed by atoms with Crippen molar-refractivity contribution in [1.29, 1.82) is 0 Å². The lowest BCUT2D eigenvalue weighted by atomic mass is 10.1. The van der Waals surface area contributed by atoms with Crippen LogP contribution in [0.2, 0.25) is 0 Å². The lowest BCUT2D eigenvalue weighted by Crippen LogP contribution is -2.11. The van der Waals surface area contributed by atoms with E-state index in [0.717, 1.165) is 16.5 Å². The number of aromatic nitrogens is 4. The number of nitrogens with one attached hydrogen (secondary N) is 2. The predicted octanol–water partition coefficient (Wildman–Crippen LogP) is 2.81. The number of carbonyl (C=O) groups excluding carboxylic acids is 1. The number of hydrogen-bond acceptors (Lipinski definition) is 6. The van der Waals surface area contributed by atoms with Crippen molar-refractivity contribution >= 4 is 34.1 Å². The van der Waals surface area contributed by atoms with Crippen LogP contribution in [0, 0.1) is 0 Å². The van der Waals surface area contributed by atoms with Crippen LogP contribution in [0.3, 0.4) is 0 Å². The first kappa shape index (κ1) is 13.8. The Morgan fingerprint density at radius 3 is 2.81 bits per heavy atom. The summed E-state index contributed by atoms with van der Waals surface area (Å²) in [5, 5.41) is 12.5. The highest BCUT2D eigenvalue weighted by Gasteiger charge is 2.07. The Labute approximate surface area is 129 Å². The van der Waals surface area contributed by atoms with Gasteiger partial charge in [-0.25, -0.2) is 9.97 Å². The number of carbonyl (C=O) groups is 1. The maximum atomic E-state index is 12.0. The van der Waals surface area contributed by atoms with Gasteiger partial charge in [0.1, 0.15) is 6.33 Å². The van der Waals surface area contributed by atoms with E-state index in [1.165, 1.54) is 17.7 Å². The van der Waals surface area contributed by atoms with Crippen LogP contribution >= 0.6 is 23.1 Å². The second kappa shape index (κ2) is 6.51. The van der Waals surface area contributed by atoms with Crippen LogP contribution in [0.15, 0.2) is 47.3 Å². The quantitative estimate of drug-likeness (QED) is 0.707. The molecule has 3 aromatic rings. The maximum absolute atomic E-state index is 12.0. The zero-order chi connectivity index (χ0) is 14.5. The molecule has 0 saturated carbocycles. The molecule has 106 valence electrons. The van der Waals surface area contributed by atoms with Gasteiger partial charge in [0.15, 0.2) is 10.3 Å². The smallest absolute Gasteiger partial charge is 0.257 e. The van der Waals surface area contributed by atoms with Gasteiger partial charge >= 0.3 is 0 Å². The molecule has 0 radical (unpaired) electrons. The molecule has 0 fully saturated rings. The lowest BCUT2D eigenvalue weighted by Gasteiger charge is -2.03. The van der Waals surface area contributed by atoms with Gasteiger partial charge in [0, 0.05) is 22.9 Å². The molecule has 0 atom stereocenters. The summed E-state index contributed by atoms with van der Waals surface area (Å²) in [6, 6.07) is 7.47. The molecule has 0 bridgehead atoms. The third kappa shape index (κ3) is 3.67. The zero-order valence-corrected chi connectivity index (χ0v) is 12.4. The molecule has 2 heterocycles. The summed E-state index contributed by atoms with van der Waals surface area (Å²) in [5.41, 5.74) is 1.72. The molecule has 0 aliphatic rings. The van der Waals surface area contributed by atoms with Gasteiger partial charge in [-0.15, -0.1) is 11.3 Å². The van der Waals surface area contributed by atoms with Gasteiger partial charge in [0.25, 0.3) is 5.91 Å². The van der Waals surface area contributed by atoms with Crippen LogP contribution in [0.1, 0.15) is 15.9 Å². The van der Waals surface area contributed by atoms with Gasteiger partial charge in [0.05, 0.1) is 0 Å². The minimum absolute atomic E-state index is 0.153. The molecule has 21 heavy (non-hydrogen) atoms.